The zero-order chi connectivity index (χ0) is 23.8. The van der Waals surface area contributed by atoms with Gasteiger partial charge < -0.3 is 9.47 Å². The molecule has 1 N–H and O–H groups in total. The molecule has 0 aromatic heterocycles. The van der Waals surface area contributed by atoms with Gasteiger partial charge in [-0.1, -0.05) is 59.6 Å². The highest BCUT2D eigenvalue weighted by Crippen LogP contribution is 2.23. The molecule has 0 heterocycles. The lowest BCUT2D eigenvalue weighted by molar-refractivity contribution is -0.123. The Morgan fingerprint density at radius 1 is 1.06 bits per heavy atom. The predicted octanol–water partition coefficient (Wildman–Crippen LogP) is 5.63. The summed E-state index contributed by atoms with van der Waals surface area (Å²) < 4.78 is 11.8. The van der Waals surface area contributed by atoms with Gasteiger partial charge in [0.25, 0.3) is 5.91 Å². The Labute approximate surface area is 201 Å². The first-order valence-corrected chi connectivity index (χ1v) is 11.2. The number of hydrogen-bond donors (Lipinski definition) is 1. The molecule has 6 nitrogen and oxygen atoms in total. The third kappa shape index (κ3) is 7.29. The number of ether oxygens (including phenoxy) is 2. The summed E-state index contributed by atoms with van der Waals surface area (Å²) in [5.41, 5.74) is 5.55. The van der Waals surface area contributed by atoms with Gasteiger partial charge in [-0.05, 0) is 60.9 Å². The maximum absolute atomic E-state index is 12.5. The number of esters is 1. The third-order valence-corrected chi connectivity index (χ3v) is 5.23. The molecule has 33 heavy (non-hydrogen) atoms. The third-order valence-electron chi connectivity index (χ3n) is 4.74. The molecule has 0 aliphatic carbocycles. The number of hydrazone groups is 1. The lowest BCUT2D eigenvalue weighted by Gasteiger charge is -2.09. The first-order valence-electron chi connectivity index (χ1n) is 10.4. The minimum atomic E-state index is -0.475. The van der Waals surface area contributed by atoms with Gasteiger partial charge in [-0.3, -0.25) is 4.79 Å². The normalized spacial score (nSPS) is 10.9. The molecule has 7 heteroatoms. The van der Waals surface area contributed by atoms with Gasteiger partial charge in [0.05, 0.1) is 11.8 Å². The smallest absolute Gasteiger partial charge is 0.343 e. The summed E-state index contributed by atoms with van der Waals surface area (Å²) in [6.45, 7) is 5.96. The number of aryl methyl sites for hydroxylation is 1. The second kappa shape index (κ2) is 11.4. The highest BCUT2D eigenvalue weighted by Gasteiger charge is 2.12. The lowest BCUT2D eigenvalue weighted by Crippen LogP contribution is -2.24. The van der Waals surface area contributed by atoms with Gasteiger partial charge in [-0.15, -0.1) is 0 Å². The van der Waals surface area contributed by atoms with Crippen LogP contribution in [0.25, 0.3) is 0 Å². The van der Waals surface area contributed by atoms with Crippen molar-refractivity contribution in [1.82, 2.24) is 5.43 Å². The molecule has 170 valence electrons. The van der Waals surface area contributed by atoms with Crippen molar-refractivity contribution >= 4 is 34.0 Å². The van der Waals surface area contributed by atoms with Crippen LogP contribution in [0.4, 0.5) is 0 Å². The molecule has 3 rings (SSSR count). The number of nitrogens with one attached hydrogen (secondary N) is 1. The molecule has 0 bridgehead atoms. The number of benzene rings is 3. The van der Waals surface area contributed by atoms with E-state index in [0.29, 0.717) is 28.5 Å². The van der Waals surface area contributed by atoms with Crippen LogP contribution in [0.3, 0.4) is 0 Å². The summed E-state index contributed by atoms with van der Waals surface area (Å²) in [5.74, 6) is 0.472. The molecule has 0 spiro atoms. The van der Waals surface area contributed by atoms with Crippen molar-refractivity contribution in [1.29, 1.82) is 0 Å². The number of halogens is 1. The summed E-state index contributed by atoms with van der Waals surface area (Å²) in [4.78, 5) is 24.6. The highest BCUT2D eigenvalue weighted by atomic mass is 79.9. The quantitative estimate of drug-likeness (QED) is 0.185. The second-order valence-corrected chi connectivity index (χ2v) is 8.66. The van der Waals surface area contributed by atoms with Crippen molar-refractivity contribution in [2.24, 2.45) is 5.10 Å². The van der Waals surface area contributed by atoms with Crippen LogP contribution in [-0.2, 0) is 4.79 Å². The SMILES string of the molecule is Cc1cccc(C(=O)Oc2ccc(Br)cc2/C=N\NC(=O)COc2ccc(C(C)C)cc2)c1. The minimum Gasteiger partial charge on any atom is -0.484 e. The molecular formula is C26H25BrN2O4. The number of hydrogen-bond acceptors (Lipinski definition) is 5. The topological polar surface area (TPSA) is 77.0 Å². The molecule has 0 aliphatic rings. The Balaban J connectivity index is 1.59. The van der Waals surface area contributed by atoms with Crippen LogP contribution in [0.5, 0.6) is 11.5 Å². The van der Waals surface area contributed by atoms with Crippen molar-refractivity contribution in [3.63, 3.8) is 0 Å². The van der Waals surface area contributed by atoms with Gasteiger partial charge in [0.15, 0.2) is 6.61 Å². The standard InChI is InChI=1S/C26H25BrN2O4/c1-17(2)19-7-10-23(11-8-19)32-16-25(30)29-28-15-21-14-22(27)9-12-24(21)33-26(31)20-6-4-5-18(3)13-20/h4-15,17H,16H2,1-3H3,(H,29,30)/b28-15-. The molecule has 0 aliphatic heterocycles. The van der Waals surface area contributed by atoms with Crippen molar-refractivity contribution < 1.29 is 19.1 Å². The Morgan fingerprint density at radius 2 is 1.82 bits per heavy atom. The van der Waals surface area contributed by atoms with Crippen LogP contribution in [0.15, 0.2) is 76.3 Å². The maximum atomic E-state index is 12.5. The molecule has 3 aromatic rings. The van der Waals surface area contributed by atoms with E-state index in [1.165, 1.54) is 11.8 Å². The zero-order valence-corrected chi connectivity index (χ0v) is 20.3. The van der Waals surface area contributed by atoms with E-state index >= 15 is 0 Å². The van der Waals surface area contributed by atoms with Gasteiger partial charge >= 0.3 is 5.97 Å². The van der Waals surface area contributed by atoms with E-state index < -0.39 is 11.9 Å². The van der Waals surface area contributed by atoms with E-state index in [0.717, 1.165) is 10.0 Å². The summed E-state index contributed by atoms with van der Waals surface area (Å²) in [6, 6.07) is 19.9. The molecule has 0 radical (unpaired) electrons. The van der Waals surface area contributed by atoms with E-state index in [2.05, 4.69) is 40.3 Å². The average Bonchev–Trinajstić information content (AvgIpc) is 2.79. The Hall–Kier alpha value is -3.45. The number of rotatable bonds is 8. The first kappa shape index (κ1) is 24.2. The molecule has 0 atom stereocenters. The Bertz CT molecular complexity index is 1160. The van der Waals surface area contributed by atoms with Gasteiger partial charge in [0.1, 0.15) is 11.5 Å². The molecule has 0 fully saturated rings. The summed E-state index contributed by atoms with van der Waals surface area (Å²) >= 11 is 3.39. The van der Waals surface area contributed by atoms with Crippen molar-refractivity contribution in [2.45, 2.75) is 26.7 Å². The largest absolute Gasteiger partial charge is 0.484 e. The second-order valence-electron chi connectivity index (χ2n) is 7.75. The molecule has 1 amide bonds. The molecule has 0 saturated carbocycles. The van der Waals surface area contributed by atoms with E-state index in [1.54, 1.807) is 36.4 Å². The van der Waals surface area contributed by atoms with E-state index in [1.807, 2.05) is 37.3 Å². The Morgan fingerprint density at radius 3 is 2.52 bits per heavy atom. The fourth-order valence-corrected chi connectivity index (χ4v) is 3.33. The first-order chi connectivity index (χ1) is 15.8. The van der Waals surface area contributed by atoms with Crippen LogP contribution >= 0.6 is 15.9 Å². The van der Waals surface area contributed by atoms with E-state index in [9.17, 15) is 9.59 Å². The summed E-state index contributed by atoms with van der Waals surface area (Å²) in [7, 11) is 0. The van der Waals surface area contributed by atoms with Crippen molar-refractivity contribution in [3.8, 4) is 11.5 Å². The summed E-state index contributed by atoms with van der Waals surface area (Å²) in [5, 5.41) is 3.97. The zero-order valence-electron chi connectivity index (χ0n) is 18.7. The van der Waals surface area contributed by atoms with Gasteiger partial charge in [0, 0.05) is 10.0 Å². The number of nitrogens with zero attached hydrogens (tertiary/aromatic N) is 1. The number of carbonyl (C=O) groups excluding carboxylic acids is 2. The van der Waals surface area contributed by atoms with Gasteiger partial charge in [-0.25, -0.2) is 10.2 Å². The summed E-state index contributed by atoms with van der Waals surface area (Å²) in [6.07, 6.45) is 1.42. The predicted molar refractivity (Wildman–Crippen MR) is 132 cm³/mol. The van der Waals surface area contributed by atoms with Crippen LogP contribution < -0.4 is 14.9 Å². The number of carbonyl (C=O) groups is 2. The highest BCUT2D eigenvalue weighted by molar-refractivity contribution is 9.10. The van der Waals surface area contributed by atoms with E-state index in [-0.39, 0.29) is 6.61 Å². The minimum absolute atomic E-state index is 0.175. The van der Waals surface area contributed by atoms with Gasteiger partial charge in [0.2, 0.25) is 0 Å². The van der Waals surface area contributed by atoms with Crippen LogP contribution in [0.1, 0.15) is 46.8 Å². The molecular weight excluding hydrogens is 484 g/mol. The van der Waals surface area contributed by atoms with Crippen LogP contribution in [0, 0.1) is 6.92 Å². The molecule has 3 aromatic carbocycles. The monoisotopic (exact) mass is 508 g/mol. The van der Waals surface area contributed by atoms with E-state index in [4.69, 9.17) is 9.47 Å². The average molecular weight is 509 g/mol. The van der Waals surface area contributed by atoms with Crippen molar-refractivity contribution in [3.05, 3.63) is 93.5 Å². The lowest BCUT2D eigenvalue weighted by atomic mass is 10.0. The Kier molecular flexibility index (Phi) is 8.38. The molecule has 0 saturated heterocycles. The van der Waals surface area contributed by atoms with Crippen molar-refractivity contribution in [2.75, 3.05) is 6.61 Å². The van der Waals surface area contributed by atoms with Gasteiger partial charge in [-0.2, -0.15) is 5.10 Å². The molecule has 0 unspecified atom stereocenters. The van der Waals surface area contributed by atoms with Crippen LogP contribution in [-0.4, -0.2) is 24.7 Å². The fraction of sp³-hybridized carbons (Fsp3) is 0.192. The fourth-order valence-electron chi connectivity index (χ4n) is 2.95. The maximum Gasteiger partial charge on any atom is 0.343 e. The number of amides is 1. The van der Waals surface area contributed by atoms with Crippen LogP contribution in [0.2, 0.25) is 0 Å².